The van der Waals surface area contributed by atoms with Gasteiger partial charge in [0.25, 0.3) is 5.91 Å². The quantitative estimate of drug-likeness (QED) is 0.751. The molecule has 3 rings (SSSR count). The first kappa shape index (κ1) is 13.6. The Kier molecular flexibility index (Phi) is 3.54. The summed E-state index contributed by atoms with van der Waals surface area (Å²) in [5.41, 5.74) is 1.57. The van der Waals surface area contributed by atoms with E-state index in [9.17, 15) is 4.79 Å². The molecule has 0 aliphatic carbocycles. The topological polar surface area (TPSA) is 38.1 Å². The predicted octanol–water partition coefficient (Wildman–Crippen LogP) is 2.82. The van der Waals surface area contributed by atoms with E-state index in [2.05, 4.69) is 28.0 Å². The van der Waals surface area contributed by atoms with Crippen molar-refractivity contribution in [1.82, 2.24) is 14.7 Å². The summed E-state index contributed by atoms with van der Waals surface area (Å²) in [4.78, 5) is 15.1. The van der Waals surface area contributed by atoms with Crippen LogP contribution in [0.4, 0.5) is 0 Å². The molecule has 20 heavy (non-hydrogen) atoms. The number of para-hydroxylation sites is 1. The van der Waals surface area contributed by atoms with Crippen LogP contribution in [0, 0.1) is 5.92 Å². The fraction of sp³-hybridized carbons (Fsp3) is 0.467. The maximum Gasteiger partial charge on any atom is 0.275 e. The maximum atomic E-state index is 12.7. The van der Waals surface area contributed by atoms with Crippen LogP contribution in [0.5, 0.6) is 0 Å². The molecule has 2 unspecified atom stereocenters. The molecule has 1 amide bonds. The number of carbonyl (C=O) groups is 1. The Balaban J connectivity index is 1.93. The average molecular weight is 336 g/mol. The molecule has 0 saturated carbocycles. The van der Waals surface area contributed by atoms with Gasteiger partial charge in [0.15, 0.2) is 5.69 Å². The molecule has 1 aliphatic rings. The molecule has 4 nitrogen and oxygen atoms in total. The maximum absolute atomic E-state index is 12.7. The molecule has 2 heterocycles. The number of hydrogen-bond acceptors (Lipinski definition) is 2. The van der Waals surface area contributed by atoms with Crippen LogP contribution in [0.1, 0.15) is 23.8 Å². The van der Waals surface area contributed by atoms with E-state index in [1.54, 1.807) is 4.68 Å². The minimum atomic E-state index is 0.0491. The van der Waals surface area contributed by atoms with E-state index < -0.39 is 0 Å². The van der Waals surface area contributed by atoms with Crippen molar-refractivity contribution in [2.24, 2.45) is 13.0 Å². The van der Waals surface area contributed by atoms with Crippen molar-refractivity contribution >= 4 is 32.7 Å². The van der Waals surface area contributed by atoms with E-state index in [0.717, 1.165) is 30.4 Å². The number of hydrogen-bond donors (Lipinski definition) is 0. The first-order valence-electron chi connectivity index (χ1n) is 6.93. The van der Waals surface area contributed by atoms with Gasteiger partial charge < -0.3 is 4.90 Å². The number of nitrogens with zero attached hydrogens (tertiary/aromatic N) is 3. The smallest absolute Gasteiger partial charge is 0.275 e. The Morgan fingerprint density at radius 1 is 1.40 bits per heavy atom. The Labute approximate surface area is 126 Å². The Hall–Kier alpha value is -1.36. The van der Waals surface area contributed by atoms with Gasteiger partial charge in [-0.3, -0.25) is 9.48 Å². The van der Waals surface area contributed by atoms with Gasteiger partial charge in [-0.25, -0.2) is 0 Å². The van der Waals surface area contributed by atoms with Crippen molar-refractivity contribution in [3.05, 3.63) is 30.0 Å². The number of amides is 1. The average Bonchev–Trinajstić information content (AvgIpc) is 2.79. The molecule has 106 valence electrons. The van der Waals surface area contributed by atoms with Crippen molar-refractivity contribution in [3.8, 4) is 0 Å². The summed E-state index contributed by atoms with van der Waals surface area (Å²) in [6.07, 6.45) is 0.998. The third-order valence-corrected chi connectivity index (χ3v) is 5.41. The second kappa shape index (κ2) is 5.20. The van der Waals surface area contributed by atoms with Crippen LogP contribution in [-0.2, 0) is 7.05 Å². The lowest BCUT2D eigenvalue weighted by Crippen LogP contribution is -2.43. The summed E-state index contributed by atoms with van der Waals surface area (Å²) in [5, 5.41) is 5.36. The minimum Gasteiger partial charge on any atom is -0.337 e. The fourth-order valence-electron chi connectivity index (χ4n) is 2.82. The summed E-state index contributed by atoms with van der Waals surface area (Å²) >= 11 is 3.67. The van der Waals surface area contributed by atoms with Crippen LogP contribution in [0.2, 0.25) is 0 Å². The molecular weight excluding hydrogens is 318 g/mol. The highest BCUT2D eigenvalue weighted by Gasteiger charge is 2.29. The van der Waals surface area contributed by atoms with Gasteiger partial charge in [0, 0.05) is 30.4 Å². The molecule has 1 aliphatic heterocycles. The van der Waals surface area contributed by atoms with Crippen molar-refractivity contribution in [2.75, 3.05) is 13.1 Å². The molecule has 0 N–H and O–H groups in total. The second-order valence-corrected chi connectivity index (χ2v) is 6.70. The van der Waals surface area contributed by atoms with Gasteiger partial charge >= 0.3 is 0 Å². The van der Waals surface area contributed by atoms with E-state index in [4.69, 9.17) is 0 Å². The number of aryl methyl sites for hydroxylation is 1. The number of aromatic nitrogens is 2. The number of carbonyl (C=O) groups excluding carboxylic acids is 1. The molecule has 1 aromatic heterocycles. The molecule has 0 bridgehead atoms. The summed E-state index contributed by atoms with van der Waals surface area (Å²) in [5.74, 6) is 0.524. The highest BCUT2D eigenvalue weighted by molar-refractivity contribution is 9.09. The molecule has 1 aromatic carbocycles. The molecule has 1 saturated heterocycles. The number of alkyl halides is 1. The van der Waals surface area contributed by atoms with Gasteiger partial charge in [-0.2, -0.15) is 5.10 Å². The number of rotatable bonds is 1. The zero-order valence-electron chi connectivity index (χ0n) is 11.7. The lowest BCUT2D eigenvalue weighted by atomic mass is 9.99. The van der Waals surface area contributed by atoms with Crippen LogP contribution in [-0.4, -0.2) is 38.5 Å². The van der Waals surface area contributed by atoms with Crippen molar-refractivity contribution in [1.29, 1.82) is 0 Å². The van der Waals surface area contributed by atoms with Gasteiger partial charge in [-0.1, -0.05) is 41.1 Å². The normalized spacial score (nSPS) is 23.2. The number of halogens is 1. The number of fused-ring (bicyclic) bond motifs is 1. The van der Waals surface area contributed by atoms with Crippen LogP contribution in [0.3, 0.4) is 0 Å². The standard InChI is InChI=1S/C15H18BrN3O/c1-10-9-19(8-7-12(10)16)15(20)14-11-5-3-4-6-13(11)18(2)17-14/h3-6,10,12H,7-9H2,1-2H3. The van der Waals surface area contributed by atoms with Crippen molar-refractivity contribution in [3.63, 3.8) is 0 Å². The monoisotopic (exact) mass is 335 g/mol. The number of piperidine rings is 1. The molecular formula is C15H18BrN3O. The van der Waals surface area contributed by atoms with Crippen LogP contribution in [0.25, 0.3) is 10.9 Å². The van der Waals surface area contributed by atoms with Crippen LogP contribution in [0.15, 0.2) is 24.3 Å². The van der Waals surface area contributed by atoms with E-state index in [0.29, 0.717) is 16.4 Å². The highest BCUT2D eigenvalue weighted by atomic mass is 79.9. The largest absolute Gasteiger partial charge is 0.337 e. The lowest BCUT2D eigenvalue weighted by molar-refractivity contribution is 0.0685. The van der Waals surface area contributed by atoms with Crippen LogP contribution >= 0.6 is 15.9 Å². The molecule has 0 spiro atoms. The Morgan fingerprint density at radius 3 is 2.90 bits per heavy atom. The van der Waals surface area contributed by atoms with Gasteiger partial charge in [0.2, 0.25) is 0 Å². The zero-order chi connectivity index (χ0) is 14.3. The SMILES string of the molecule is CC1CN(C(=O)c2nn(C)c3ccccc23)CCC1Br. The molecule has 5 heteroatoms. The van der Waals surface area contributed by atoms with Crippen molar-refractivity contribution < 1.29 is 4.79 Å². The second-order valence-electron chi connectivity index (χ2n) is 5.52. The minimum absolute atomic E-state index is 0.0491. The van der Waals surface area contributed by atoms with Gasteiger partial charge in [-0.15, -0.1) is 0 Å². The first-order chi connectivity index (χ1) is 9.58. The highest BCUT2D eigenvalue weighted by Crippen LogP contribution is 2.26. The lowest BCUT2D eigenvalue weighted by Gasteiger charge is -2.34. The first-order valence-corrected chi connectivity index (χ1v) is 7.84. The molecule has 2 atom stereocenters. The van der Waals surface area contributed by atoms with Crippen molar-refractivity contribution in [2.45, 2.75) is 18.2 Å². The van der Waals surface area contributed by atoms with E-state index in [-0.39, 0.29) is 5.91 Å². The van der Waals surface area contributed by atoms with Gasteiger partial charge in [-0.05, 0) is 18.4 Å². The molecule has 0 radical (unpaired) electrons. The molecule has 1 fully saturated rings. The Bertz CT molecular complexity index is 652. The number of benzene rings is 1. The third kappa shape index (κ3) is 2.24. The third-order valence-electron chi connectivity index (χ3n) is 4.05. The van der Waals surface area contributed by atoms with Gasteiger partial charge in [0.05, 0.1) is 5.52 Å². The fourth-order valence-corrected chi connectivity index (χ4v) is 3.19. The van der Waals surface area contributed by atoms with Gasteiger partial charge in [0.1, 0.15) is 0 Å². The predicted molar refractivity (Wildman–Crippen MR) is 83.1 cm³/mol. The summed E-state index contributed by atoms with van der Waals surface area (Å²) in [6.45, 7) is 3.76. The van der Waals surface area contributed by atoms with E-state index in [1.807, 2.05) is 36.2 Å². The summed E-state index contributed by atoms with van der Waals surface area (Å²) in [7, 11) is 1.88. The number of likely N-dealkylation sites (tertiary alicyclic amines) is 1. The van der Waals surface area contributed by atoms with E-state index in [1.165, 1.54) is 0 Å². The van der Waals surface area contributed by atoms with E-state index >= 15 is 0 Å². The van der Waals surface area contributed by atoms with Crippen LogP contribution < -0.4 is 0 Å². The Morgan fingerprint density at radius 2 is 2.15 bits per heavy atom. The summed E-state index contributed by atoms with van der Waals surface area (Å²) in [6, 6.07) is 7.88. The molecule has 2 aromatic rings. The zero-order valence-corrected chi connectivity index (χ0v) is 13.3. The summed E-state index contributed by atoms with van der Waals surface area (Å²) < 4.78 is 1.78.